The summed E-state index contributed by atoms with van der Waals surface area (Å²) in [5.74, 6) is 7.09. The fourth-order valence-electron chi connectivity index (χ4n) is 2.34. The van der Waals surface area contributed by atoms with Gasteiger partial charge in [0.15, 0.2) is 0 Å². The molecule has 18 heavy (non-hydrogen) atoms. The molecule has 1 fully saturated rings. The minimum Gasteiger partial charge on any atom is -0.393 e. The average Bonchev–Trinajstić information content (AvgIpc) is 2.33. The average molecular weight is 251 g/mol. The van der Waals surface area contributed by atoms with Gasteiger partial charge in [0, 0.05) is 24.8 Å². The van der Waals surface area contributed by atoms with Gasteiger partial charge in [-0.2, -0.15) is 0 Å². The van der Waals surface area contributed by atoms with Crippen LogP contribution in [0.5, 0.6) is 0 Å². The topological polar surface area (TPSA) is 87.3 Å². The van der Waals surface area contributed by atoms with Gasteiger partial charge in [0.1, 0.15) is 11.6 Å². The van der Waals surface area contributed by atoms with E-state index in [9.17, 15) is 5.11 Å². The number of aliphatic hydroxyl groups is 1. The molecule has 0 aromatic carbocycles. The van der Waals surface area contributed by atoms with Gasteiger partial charge in [-0.3, -0.25) is 4.90 Å². The molecule has 1 saturated heterocycles. The fourth-order valence-corrected chi connectivity index (χ4v) is 2.34. The second kappa shape index (κ2) is 5.60. The van der Waals surface area contributed by atoms with Crippen molar-refractivity contribution in [1.29, 1.82) is 0 Å². The smallest absolute Gasteiger partial charge is 0.145 e. The molecule has 1 aromatic rings. The molecule has 6 heteroatoms. The van der Waals surface area contributed by atoms with Crippen LogP contribution in [-0.4, -0.2) is 39.2 Å². The van der Waals surface area contributed by atoms with Crippen LogP contribution < -0.4 is 11.3 Å². The first-order valence-electron chi connectivity index (χ1n) is 6.30. The van der Waals surface area contributed by atoms with E-state index in [1.807, 2.05) is 13.0 Å². The van der Waals surface area contributed by atoms with Crippen molar-refractivity contribution < 1.29 is 5.11 Å². The molecule has 0 saturated carbocycles. The van der Waals surface area contributed by atoms with Crippen molar-refractivity contribution in [2.45, 2.75) is 32.9 Å². The normalized spacial score (nSPS) is 25.1. The number of aliphatic hydroxyl groups excluding tert-OH is 1. The summed E-state index contributed by atoms with van der Waals surface area (Å²) in [4.78, 5) is 11.0. The molecule has 0 spiro atoms. The molecule has 0 amide bonds. The molecular formula is C12H21N5O. The van der Waals surface area contributed by atoms with E-state index in [2.05, 4.69) is 27.2 Å². The monoisotopic (exact) mass is 251 g/mol. The maximum atomic E-state index is 9.70. The maximum Gasteiger partial charge on any atom is 0.145 e. The number of hydrogen-bond acceptors (Lipinski definition) is 6. The summed E-state index contributed by atoms with van der Waals surface area (Å²) >= 11 is 0. The van der Waals surface area contributed by atoms with E-state index < -0.39 is 0 Å². The molecule has 2 atom stereocenters. The molecule has 2 heterocycles. The highest BCUT2D eigenvalue weighted by atomic mass is 16.3. The summed E-state index contributed by atoms with van der Waals surface area (Å²) in [6.07, 6.45) is 0.635. The Morgan fingerprint density at radius 3 is 3.00 bits per heavy atom. The Kier molecular flexibility index (Phi) is 4.11. The number of likely N-dealkylation sites (tertiary alicyclic amines) is 1. The third-order valence-electron chi connectivity index (χ3n) is 3.36. The van der Waals surface area contributed by atoms with Crippen LogP contribution in [0.25, 0.3) is 0 Å². The maximum absolute atomic E-state index is 9.70. The van der Waals surface area contributed by atoms with Crippen LogP contribution in [0, 0.1) is 12.8 Å². The zero-order chi connectivity index (χ0) is 13.1. The zero-order valence-electron chi connectivity index (χ0n) is 10.9. The first-order chi connectivity index (χ1) is 8.58. The summed E-state index contributed by atoms with van der Waals surface area (Å²) < 4.78 is 0. The number of anilines is 1. The number of nitrogens with two attached hydrogens (primary N) is 1. The van der Waals surface area contributed by atoms with E-state index in [0.717, 1.165) is 31.0 Å². The molecular weight excluding hydrogens is 230 g/mol. The molecule has 1 aliphatic heterocycles. The van der Waals surface area contributed by atoms with E-state index in [4.69, 9.17) is 5.84 Å². The van der Waals surface area contributed by atoms with Gasteiger partial charge in [-0.25, -0.2) is 15.8 Å². The van der Waals surface area contributed by atoms with E-state index >= 15 is 0 Å². The lowest BCUT2D eigenvalue weighted by Gasteiger charge is -2.33. The Balaban J connectivity index is 2.03. The SMILES string of the molecule is Cc1cc(NN)nc(CN2CCC(O)C(C)C2)n1. The number of aromatic nitrogens is 2. The van der Waals surface area contributed by atoms with Crippen molar-refractivity contribution in [3.8, 4) is 0 Å². The molecule has 6 nitrogen and oxygen atoms in total. The van der Waals surface area contributed by atoms with Gasteiger partial charge < -0.3 is 10.5 Å². The van der Waals surface area contributed by atoms with Gasteiger partial charge in [0.05, 0.1) is 12.6 Å². The van der Waals surface area contributed by atoms with Crippen LogP contribution in [0.3, 0.4) is 0 Å². The number of aryl methyl sites for hydroxylation is 1. The van der Waals surface area contributed by atoms with Crippen LogP contribution in [0.4, 0.5) is 5.82 Å². The first-order valence-corrected chi connectivity index (χ1v) is 6.30. The fraction of sp³-hybridized carbons (Fsp3) is 0.667. The summed E-state index contributed by atoms with van der Waals surface area (Å²) in [6, 6.07) is 1.81. The second-order valence-corrected chi connectivity index (χ2v) is 5.02. The minimum atomic E-state index is -0.180. The summed E-state index contributed by atoms with van der Waals surface area (Å²) in [5.41, 5.74) is 3.45. The predicted octanol–water partition coefficient (Wildman–Crippen LogP) is 0.273. The van der Waals surface area contributed by atoms with E-state index in [0.29, 0.717) is 18.3 Å². The largest absolute Gasteiger partial charge is 0.393 e. The van der Waals surface area contributed by atoms with Gasteiger partial charge in [-0.15, -0.1) is 0 Å². The van der Waals surface area contributed by atoms with Crippen molar-refractivity contribution >= 4 is 5.82 Å². The summed E-state index contributed by atoms with van der Waals surface area (Å²) in [5, 5.41) is 9.70. The number of piperidine rings is 1. The summed E-state index contributed by atoms with van der Waals surface area (Å²) in [7, 11) is 0. The van der Waals surface area contributed by atoms with Gasteiger partial charge in [-0.1, -0.05) is 6.92 Å². The van der Waals surface area contributed by atoms with Gasteiger partial charge in [-0.05, 0) is 19.3 Å². The van der Waals surface area contributed by atoms with Crippen LogP contribution in [0.15, 0.2) is 6.07 Å². The Morgan fingerprint density at radius 2 is 2.33 bits per heavy atom. The molecule has 100 valence electrons. The second-order valence-electron chi connectivity index (χ2n) is 5.02. The summed E-state index contributed by atoms with van der Waals surface area (Å²) in [6.45, 7) is 6.46. The van der Waals surface area contributed by atoms with E-state index in [-0.39, 0.29) is 6.10 Å². The predicted molar refractivity (Wildman–Crippen MR) is 69.6 cm³/mol. The Hall–Kier alpha value is -1.24. The third kappa shape index (κ3) is 3.16. The van der Waals surface area contributed by atoms with Crippen LogP contribution in [-0.2, 0) is 6.54 Å². The molecule has 2 rings (SSSR count). The van der Waals surface area contributed by atoms with Crippen molar-refractivity contribution in [3.63, 3.8) is 0 Å². The Morgan fingerprint density at radius 1 is 1.56 bits per heavy atom. The molecule has 1 aromatic heterocycles. The Labute approximate surface area is 107 Å². The zero-order valence-corrected chi connectivity index (χ0v) is 10.9. The van der Waals surface area contributed by atoms with E-state index in [1.54, 1.807) is 0 Å². The third-order valence-corrected chi connectivity index (χ3v) is 3.36. The Bertz CT molecular complexity index is 411. The van der Waals surface area contributed by atoms with Crippen molar-refractivity contribution in [3.05, 3.63) is 17.6 Å². The first kappa shape index (κ1) is 13.2. The van der Waals surface area contributed by atoms with Gasteiger partial charge >= 0.3 is 0 Å². The molecule has 2 unspecified atom stereocenters. The minimum absolute atomic E-state index is 0.180. The van der Waals surface area contributed by atoms with Crippen LogP contribution >= 0.6 is 0 Å². The number of nitrogens with one attached hydrogen (secondary N) is 1. The highest BCUT2D eigenvalue weighted by Crippen LogP contribution is 2.18. The number of rotatable bonds is 3. The number of nitrogens with zero attached hydrogens (tertiary/aromatic N) is 3. The molecule has 0 aliphatic carbocycles. The van der Waals surface area contributed by atoms with Gasteiger partial charge in [0.25, 0.3) is 0 Å². The van der Waals surface area contributed by atoms with Gasteiger partial charge in [0.2, 0.25) is 0 Å². The highest BCUT2D eigenvalue weighted by Gasteiger charge is 2.24. The molecule has 0 bridgehead atoms. The quantitative estimate of drug-likeness (QED) is 0.528. The number of hydrogen-bond donors (Lipinski definition) is 3. The molecule has 1 aliphatic rings. The number of nitrogen functional groups attached to an aromatic ring is 1. The lowest BCUT2D eigenvalue weighted by atomic mass is 9.97. The highest BCUT2D eigenvalue weighted by molar-refractivity contribution is 5.33. The number of hydrazine groups is 1. The lowest BCUT2D eigenvalue weighted by Crippen LogP contribution is -2.41. The van der Waals surface area contributed by atoms with Crippen molar-refractivity contribution in [2.24, 2.45) is 11.8 Å². The molecule has 4 N–H and O–H groups in total. The lowest BCUT2D eigenvalue weighted by molar-refractivity contribution is 0.0310. The van der Waals surface area contributed by atoms with Crippen molar-refractivity contribution in [1.82, 2.24) is 14.9 Å². The molecule has 0 radical (unpaired) electrons. The van der Waals surface area contributed by atoms with E-state index in [1.165, 1.54) is 0 Å². The van der Waals surface area contributed by atoms with Crippen LogP contribution in [0.1, 0.15) is 24.9 Å². The van der Waals surface area contributed by atoms with Crippen LogP contribution in [0.2, 0.25) is 0 Å². The van der Waals surface area contributed by atoms with Crippen molar-refractivity contribution in [2.75, 3.05) is 18.5 Å². The standard InChI is InChI=1S/C12H21N5O/c1-8-6-17(4-3-10(8)18)7-12-14-9(2)5-11(15-12)16-13/h5,8,10,18H,3-4,6-7,13H2,1-2H3,(H,14,15,16).